The number of anilines is 2. The zero-order chi connectivity index (χ0) is 25.1. The van der Waals surface area contributed by atoms with E-state index in [4.69, 9.17) is 9.47 Å². The van der Waals surface area contributed by atoms with Crippen molar-refractivity contribution < 1.29 is 22.3 Å². The monoisotopic (exact) mass is 515 g/mol. The largest absolute Gasteiger partial charge is 0.381 e. The van der Waals surface area contributed by atoms with Gasteiger partial charge in [-0.15, -0.1) is 0 Å². The van der Waals surface area contributed by atoms with Crippen LogP contribution in [0.2, 0.25) is 0 Å². The molecule has 2 aliphatic rings. The number of sulfone groups is 1. The van der Waals surface area contributed by atoms with Crippen molar-refractivity contribution in [3.8, 4) is 11.4 Å². The molecule has 192 valence electrons. The molecule has 0 radical (unpaired) electrons. The van der Waals surface area contributed by atoms with E-state index in [2.05, 4.69) is 20.3 Å². The fourth-order valence-corrected chi connectivity index (χ4v) is 6.29. The Labute approximate surface area is 210 Å². The van der Waals surface area contributed by atoms with Gasteiger partial charge in [-0.1, -0.05) is 0 Å². The predicted octanol–water partition coefficient (Wildman–Crippen LogP) is 4.23. The number of benzene rings is 1. The molecule has 1 N–H and O–H groups in total. The molecule has 4 heterocycles. The minimum atomic E-state index is -3.46. The van der Waals surface area contributed by atoms with Crippen LogP contribution in [0.5, 0.6) is 0 Å². The van der Waals surface area contributed by atoms with E-state index in [-0.39, 0.29) is 34.4 Å². The van der Waals surface area contributed by atoms with Gasteiger partial charge in [0.15, 0.2) is 15.7 Å². The van der Waals surface area contributed by atoms with E-state index in [0.717, 1.165) is 44.1 Å². The molecule has 1 atom stereocenters. The van der Waals surface area contributed by atoms with Gasteiger partial charge in [0.25, 0.3) is 0 Å². The van der Waals surface area contributed by atoms with E-state index in [9.17, 15) is 12.8 Å². The van der Waals surface area contributed by atoms with Crippen LogP contribution in [-0.4, -0.2) is 59.6 Å². The minimum absolute atomic E-state index is 0.0234. The highest BCUT2D eigenvalue weighted by molar-refractivity contribution is 7.91. The Bertz CT molecular complexity index is 1300. The summed E-state index contributed by atoms with van der Waals surface area (Å²) in [6, 6.07) is 6.56. The van der Waals surface area contributed by atoms with Crippen LogP contribution in [-0.2, 0) is 19.3 Å². The summed E-state index contributed by atoms with van der Waals surface area (Å²) in [6.07, 6.45) is 6.87. The topological polar surface area (TPSA) is 108 Å². The number of nitrogens with zero attached hydrogens (tertiary/aromatic N) is 4. The number of imidazole rings is 1. The lowest BCUT2D eigenvalue weighted by molar-refractivity contribution is 0.0305. The smallest absolute Gasteiger partial charge is 0.227 e. The molecule has 9 nitrogen and oxygen atoms in total. The SMILES string of the molecule is Cc1ncc(-c2nc(Nc3ccc(S(=O)(=O)CC4CCCCO4)cc3)ncc2F)n1C1CCOCC1. The Balaban J connectivity index is 1.34. The maximum absolute atomic E-state index is 14.8. The third-order valence-corrected chi connectivity index (χ3v) is 8.47. The molecule has 36 heavy (non-hydrogen) atoms. The summed E-state index contributed by atoms with van der Waals surface area (Å²) in [5, 5.41) is 3.05. The summed E-state index contributed by atoms with van der Waals surface area (Å²) in [6.45, 7) is 3.81. The van der Waals surface area contributed by atoms with Crippen LogP contribution in [0.25, 0.3) is 11.4 Å². The molecule has 1 unspecified atom stereocenters. The maximum Gasteiger partial charge on any atom is 0.227 e. The number of rotatable bonds is 7. The van der Waals surface area contributed by atoms with Crippen molar-refractivity contribution in [2.24, 2.45) is 0 Å². The van der Waals surface area contributed by atoms with Crippen LogP contribution in [0.3, 0.4) is 0 Å². The zero-order valence-corrected chi connectivity index (χ0v) is 21.0. The average Bonchev–Trinajstić information content (AvgIpc) is 3.27. The number of hydrogen-bond acceptors (Lipinski definition) is 8. The highest BCUT2D eigenvalue weighted by atomic mass is 32.2. The molecule has 0 saturated carbocycles. The average molecular weight is 516 g/mol. The van der Waals surface area contributed by atoms with Gasteiger partial charge >= 0.3 is 0 Å². The van der Waals surface area contributed by atoms with Gasteiger partial charge in [-0.05, 0) is 63.3 Å². The molecule has 2 aliphatic heterocycles. The molecule has 11 heteroatoms. The molecule has 0 bridgehead atoms. The number of halogens is 1. The highest BCUT2D eigenvalue weighted by Gasteiger charge is 2.25. The van der Waals surface area contributed by atoms with E-state index in [1.165, 1.54) is 0 Å². The van der Waals surface area contributed by atoms with Gasteiger partial charge in [0, 0.05) is 31.5 Å². The lowest BCUT2D eigenvalue weighted by Crippen LogP contribution is -2.27. The second-order valence-electron chi connectivity index (χ2n) is 9.21. The molecule has 2 aromatic heterocycles. The van der Waals surface area contributed by atoms with Crippen LogP contribution in [0.15, 0.2) is 41.6 Å². The molecule has 0 amide bonds. The van der Waals surface area contributed by atoms with Gasteiger partial charge in [-0.25, -0.2) is 27.8 Å². The molecule has 0 spiro atoms. The van der Waals surface area contributed by atoms with Gasteiger partial charge < -0.3 is 19.4 Å². The molecule has 5 rings (SSSR count). The Morgan fingerprint density at radius 3 is 2.56 bits per heavy atom. The van der Waals surface area contributed by atoms with Gasteiger partial charge in [0.05, 0.1) is 34.8 Å². The summed E-state index contributed by atoms with van der Waals surface area (Å²) in [7, 11) is -3.46. The minimum Gasteiger partial charge on any atom is -0.381 e. The molecule has 3 aromatic rings. The van der Waals surface area contributed by atoms with Crippen molar-refractivity contribution in [3.63, 3.8) is 0 Å². The number of aromatic nitrogens is 4. The van der Waals surface area contributed by atoms with Crippen molar-refractivity contribution in [2.75, 3.05) is 30.9 Å². The van der Waals surface area contributed by atoms with Gasteiger partial charge in [0.2, 0.25) is 5.95 Å². The fraction of sp³-hybridized carbons (Fsp3) is 0.480. The second kappa shape index (κ2) is 10.6. The second-order valence-corrected chi connectivity index (χ2v) is 11.2. The number of nitrogens with one attached hydrogen (secondary N) is 1. The van der Waals surface area contributed by atoms with E-state index < -0.39 is 15.7 Å². The first kappa shape index (κ1) is 24.8. The normalized spacial score (nSPS) is 19.3. The molecule has 2 fully saturated rings. The van der Waals surface area contributed by atoms with Crippen molar-refractivity contribution in [2.45, 2.75) is 56.1 Å². The van der Waals surface area contributed by atoms with Crippen LogP contribution >= 0.6 is 0 Å². The van der Waals surface area contributed by atoms with E-state index in [1.54, 1.807) is 30.5 Å². The first-order chi connectivity index (χ1) is 17.4. The Morgan fingerprint density at radius 1 is 1.06 bits per heavy atom. The highest BCUT2D eigenvalue weighted by Crippen LogP contribution is 2.31. The lowest BCUT2D eigenvalue weighted by Gasteiger charge is -2.26. The standard InChI is InChI=1S/C25H30FN5O4S/c1-17-27-15-23(31(17)19-9-12-34-13-10-19)24-22(26)14-28-25(30-24)29-18-5-7-21(8-6-18)36(32,33)16-20-4-2-3-11-35-20/h5-8,14-15,19-20H,2-4,9-13,16H2,1H3,(H,28,29,30). The third kappa shape index (κ3) is 5.42. The third-order valence-electron chi connectivity index (χ3n) is 6.67. The van der Waals surface area contributed by atoms with Crippen LogP contribution in [0.4, 0.5) is 16.0 Å². The van der Waals surface area contributed by atoms with Gasteiger partial charge in [0.1, 0.15) is 11.5 Å². The summed E-state index contributed by atoms with van der Waals surface area (Å²) in [5.41, 5.74) is 1.34. The Hall–Kier alpha value is -2.89. The zero-order valence-electron chi connectivity index (χ0n) is 20.2. The van der Waals surface area contributed by atoms with Crippen LogP contribution in [0.1, 0.15) is 44.0 Å². The lowest BCUT2D eigenvalue weighted by atomic mass is 10.1. The summed E-state index contributed by atoms with van der Waals surface area (Å²) >= 11 is 0. The summed E-state index contributed by atoms with van der Waals surface area (Å²) in [5.74, 6) is 0.430. The fourth-order valence-electron chi connectivity index (χ4n) is 4.79. The van der Waals surface area contributed by atoms with E-state index in [1.807, 2.05) is 11.5 Å². The Kier molecular flexibility index (Phi) is 7.31. The summed E-state index contributed by atoms with van der Waals surface area (Å²) < 4.78 is 53.5. The summed E-state index contributed by atoms with van der Waals surface area (Å²) in [4.78, 5) is 13.1. The molecule has 2 saturated heterocycles. The van der Waals surface area contributed by atoms with Crippen LogP contribution in [0, 0.1) is 12.7 Å². The molecular weight excluding hydrogens is 485 g/mol. The van der Waals surface area contributed by atoms with E-state index in [0.29, 0.717) is 31.2 Å². The predicted molar refractivity (Wildman–Crippen MR) is 132 cm³/mol. The first-order valence-electron chi connectivity index (χ1n) is 12.3. The van der Waals surface area contributed by atoms with Crippen molar-refractivity contribution in [1.82, 2.24) is 19.5 Å². The Morgan fingerprint density at radius 2 is 1.83 bits per heavy atom. The molecule has 0 aliphatic carbocycles. The number of ether oxygens (including phenoxy) is 2. The van der Waals surface area contributed by atoms with Crippen molar-refractivity contribution in [3.05, 3.63) is 48.3 Å². The quantitative estimate of drug-likeness (QED) is 0.498. The number of hydrogen-bond donors (Lipinski definition) is 1. The maximum atomic E-state index is 14.8. The van der Waals surface area contributed by atoms with E-state index >= 15 is 0 Å². The van der Waals surface area contributed by atoms with Crippen molar-refractivity contribution >= 4 is 21.5 Å². The first-order valence-corrected chi connectivity index (χ1v) is 13.9. The van der Waals surface area contributed by atoms with Crippen molar-refractivity contribution in [1.29, 1.82) is 0 Å². The van der Waals surface area contributed by atoms with Crippen LogP contribution < -0.4 is 5.32 Å². The number of aryl methyl sites for hydroxylation is 1. The molecule has 1 aromatic carbocycles. The van der Waals surface area contributed by atoms with Gasteiger partial charge in [-0.2, -0.15) is 0 Å². The molecular formula is C25H30FN5O4S. The van der Waals surface area contributed by atoms with Gasteiger partial charge in [-0.3, -0.25) is 0 Å².